The van der Waals surface area contributed by atoms with Crippen molar-refractivity contribution in [3.8, 4) is 5.75 Å². The van der Waals surface area contributed by atoms with E-state index in [0.29, 0.717) is 19.5 Å². The summed E-state index contributed by atoms with van der Waals surface area (Å²) in [7, 11) is 5.52. The normalized spacial score (nSPS) is 10.5. The summed E-state index contributed by atoms with van der Waals surface area (Å²) in [6, 6.07) is 7.72. The molecule has 0 bridgehead atoms. The van der Waals surface area contributed by atoms with E-state index in [9.17, 15) is 9.59 Å². The van der Waals surface area contributed by atoms with Gasteiger partial charge in [-0.2, -0.15) is 0 Å². The zero-order valence-electron chi connectivity index (χ0n) is 14.5. The van der Waals surface area contributed by atoms with Gasteiger partial charge in [-0.1, -0.05) is 12.1 Å². The minimum Gasteiger partial charge on any atom is -0.497 e. The SMILES string of the molecule is COc1cccc(CCN(CC(=O)NCCN(C)C)C(C)=O)c1. The monoisotopic (exact) mass is 321 g/mol. The van der Waals surface area contributed by atoms with Gasteiger partial charge >= 0.3 is 0 Å². The standard InChI is InChI=1S/C17H27N3O3/c1-14(21)20(13-17(22)18-9-11-19(2)3)10-8-15-6-5-7-16(12-15)23-4/h5-7,12H,8-11,13H2,1-4H3,(H,18,22). The molecule has 0 aromatic heterocycles. The molecule has 0 aliphatic heterocycles. The van der Waals surface area contributed by atoms with Crippen LogP contribution in [0.1, 0.15) is 12.5 Å². The van der Waals surface area contributed by atoms with Gasteiger partial charge in [-0.3, -0.25) is 9.59 Å². The Morgan fingerprint density at radius 1 is 1.22 bits per heavy atom. The zero-order chi connectivity index (χ0) is 17.2. The summed E-state index contributed by atoms with van der Waals surface area (Å²) in [5, 5.41) is 2.82. The van der Waals surface area contributed by atoms with Gasteiger partial charge in [0.15, 0.2) is 0 Å². The predicted molar refractivity (Wildman–Crippen MR) is 90.5 cm³/mol. The van der Waals surface area contributed by atoms with Crippen LogP contribution < -0.4 is 10.1 Å². The molecule has 0 radical (unpaired) electrons. The number of ether oxygens (including phenoxy) is 1. The lowest BCUT2D eigenvalue weighted by Crippen LogP contribution is -2.42. The lowest BCUT2D eigenvalue weighted by atomic mass is 10.1. The van der Waals surface area contributed by atoms with Gasteiger partial charge in [0.25, 0.3) is 0 Å². The van der Waals surface area contributed by atoms with E-state index < -0.39 is 0 Å². The molecule has 0 atom stereocenters. The van der Waals surface area contributed by atoms with Crippen LogP contribution in [0.15, 0.2) is 24.3 Å². The van der Waals surface area contributed by atoms with Crippen molar-refractivity contribution >= 4 is 11.8 Å². The molecule has 23 heavy (non-hydrogen) atoms. The minimum atomic E-state index is -0.132. The Balaban J connectivity index is 2.48. The van der Waals surface area contributed by atoms with Gasteiger partial charge in [0.1, 0.15) is 5.75 Å². The molecular formula is C17H27N3O3. The van der Waals surface area contributed by atoms with Gasteiger partial charge in [0.05, 0.1) is 13.7 Å². The van der Waals surface area contributed by atoms with Crippen molar-refractivity contribution in [2.24, 2.45) is 0 Å². The summed E-state index contributed by atoms with van der Waals surface area (Å²) < 4.78 is 5.19. The maximum absolute atomic E-state index is 11.9. The lowest BCUT2D eigenvalue weighted by molar-refractivity contribution is -0.134. The summed E-state index contributed by atoms with van der Waals surface area (Å²) in [6.07, 6.45) is 0.682. The third kappa shape index (κ3) is 7.65. The fourth-order valence-corrected chi connectivity index (χ4v) is 2.09. The molecule has 0 unspecified atom stereocenters. The first kappa shape index (κ1) is 19.0. The topological polar surface area (TPSA) is 61.9 Å². The fourth-order valence-electron chi connectivity index (χ4n) is 2.09. The minimum absolute atomic E-state index is 0.0900. The second-order valence-electron chi connectivity index (χ2n) is 5.70. The Labute approximate surface area is 138 Å². The van der Waals surface area contributed by atoms with Gasteiger partial charge in [-0.05, 0) is 38.2 Å². The Morgan fingerprint density at radius 2 is 1.96 bits per heavy atom. The van der Waals surface area contributed by atoms with E-state index in [-0.39, 0.29) is 18.4 Å². The number of nitrogens with one attached hydrogen (secondary N) is 1. The molecule has 1 aromatic carbocycles. The highest BCUT2D eigenvalue weighted by Crippen LogP contribution is 2.13. The van der Waals surface area contributed by atoms with Gasteiger partial charge in [-0.15, -0.1) is 0 Å². The first-order valence-electron chi connectivity index (χ1n) is 7.72. The van der Waals surface area contributed by atoms with Crippen molar-refractivity contribution < 1.29 is 14.3 Å². The second kappa shape index (κ2) is 9.84. The van der Waals surface area contributed by atoms with Gasteiger partial charge in [0.2, 0.25) is 11.8 Å². The Bertz CT molecular complexity index is 518. The number of likely N-dealkylation sites (N-methyl/N-ethyl adjacent to an activating group) is 1. The molecule has 0 aliphatic rings. The van der Waals surface area contributed by atoms with Crippen molar-refractivity contribution in [1.29, 1.82) is 0 Å². The Hall–Kier alpha value is -2.08. The van der Waals surface area contributed by atoms with Crippen LogP contribution in [0.3, 0.4) is 0 Å². The lowest BCUT2D eigenvalue weighted by Gasteiger charge is -2.21. The molecular weight excluding hydrogens is 294 g/mol. The average Bonchev–Trinajstić information content (AvgIpc) is 2.51. The van der Waals surface area contributed by atoms with Gasteiger partial charge in [-0.25, -0.2) is 0 Å². The van der Waals surface area contributed by atoms with Crippen molar-refractivity contribution in [2.75, 3.05) is 47.4 Å². The molecule has 1 rings (SSSR count). The predicted octanol–water partition coefficient (Wildman–Crippen LogP) is 0.764. The number of carbonyl (C=O) groups is 2. The van der Waals surface area contributed by atoms with Crippen LogP contribution in [-0.4, -0.2) is 69.0 Å². The van der Waals surface area contributed by atoms with Crippen LogP contribution in [0, 0.1) is 0 Å². The van der Waals surface area contributed by atoms with Crippen LogP contribution in [0.25, 0.3) is 0 Å². The number of nitrogens with zero attached hydrogens (tertiary/aromatic N) is 2. The number of methoxy groups -OCH3 is 1. The second-order valence-corrected chi connectivity index (χ2v) is 5.70. The van der Waals surface area contributed by atoms with E-state index in [1.807, 2.05) is 43.3 Å². The first-order chi connectivity index (χ1) is 10.9. The van der Waals surface area contributed by atoms with Crippen LogP contribution in [0.2, 0.25) is 0 Å². The van der Waals surface area contributed by atoms with E-state index in [0.717, 1.165) is 17.9 Å². The summed E-state index contributed by atoms with van der Waals surface area (Å²) in [5.41, 5.74) is 1.07. The van der Waals surface area contributed by atoms with Crippen molar-refractivity contribution in [3.63, 3.8) is 0 Å². The number of benzene rings is 1. The van der Waals surface area contributed by atoms with E-state index in [4.69, 9.17) is 4.74 Å². The molecule has 2 amide bonds. The Kier molecular flexibility index (Phi) is 8.11. The number of amides is 2. The van der Waals surface area contributed by atoms with E-state index in [1.54, 1.807) is 12.0 Å². The first-order valence-corrected chi connectivity index (χ1v) is 7.72. The van der Waals surface area contributed by atoms with E-state index >= 15 is 0 Å². The molecule has 1 N–H and O–H groups in total. The molecule has 0 fully saturated rings. The molecule has 6 nitrogen and oxygen atoms in total. The van der Waals surface area contributed by atoms with Crippen molar-refractivity contribution in [2.45, 2.75) is 13.3 Å². The van der Waals surface area contributed by atoms with Gasteiger partial charge < -0.3 is 19.9 Å². The smallest absolute Gasteiger partial charge is 0.239 e. The van der Waals surface area contributed by atoms with Gasteiger partial charge in [0, 0.05) is 26.6 Å². The molecule has 1 aromatic rings. The summed E-state index contributed by atoms with van der Waals surface area (Å²) in [4.78, 5) is 27.2. The van der Waals surface area contributed by atoms with Crippen LogP contribution in [0.5, 0.6) is 5.75 Å². The highest BCUT2D eigenvalue weighted by atomic mass is 16.5. The molecule has 128 valence electrons. The molecule has 0 spiro atoms. The van der Waals surface area contributed by atoms with Crippen LogP contribution in [0.4, 0.5) is 0 Å². The number of hydrogen-bond acceptors (Lipinski definition) is 4. The van der Waals surface area contributed by atoms with Crippen molar-refractivity contribution in [1.82, 2.24) is 15.1 Å². The number of carbonyl (C=O) groups excluding carboxylic acids is 2. The highest BCUT2D eigenvalue weighted by Gasteiger charge is 2.13. The number of rotatable bonds is 9. The largest absolute Gasteiger partial charge is 0.497 e. The molecule has 0 saturated heterocycles. The maximum Gasteiger partial charge on any atom is 0.239 e. The quantitative estimate of drug-likeness (QED) is 0.729. The summed E-state index contributed by atoms with van der Waals surface area (Å²) in [6.45, 7) is 3.43. The summed E-state index contributed by atoms with van der Waals surface area (Å²) >= 11 is 0. The summed E-state index contributed by atoms with van der Waals surface area (Å²) in [5.74, 6) is 0.557. The van der Waals surface area contributed by atoms with E-state index in [1.165, 1.54) is 6.92 Å². The van der Waals surface area contributed by atoms with Crippen LogP contribution in [-0.2, 0) is 16.0 Å². The maximum atomic E-state index is 11.9. The molecule has 0 aliphatic carbocycles. The third-order valence-electron chi connectivity index (χ3n) is 3.47. The molecule has 6 heteroatoms. The highest BCUT2D eigenvalue weighted by molar-refractivity contribution is 5.83. The average molecular weight is 321 g/mol. The third-order valence-corrected chi connectivity index (χ3v) is 3.47. The zero-order valence-corrected chi connectivity index (χ0v) is 14.5. The number of hydrogen-bond donors (Lipinski definition) is 1. The molecule has 0 saturated carbocycles. The Morgan fingerprint density at radius 3 is 2.57 bits per heavy atom. The van der Waals surface area contributed by atoms with Crippen molar-refractivity contribution in [3.05, 3.63) is 29.8 Å². The van der Waals surface area contributed by atoms with Crippen LogP contribution >= 0.6 is 0 Å². The molecule has 0 heterocycles. The fraction of sp³-hybridized carbons (Fsp3) is 0.529. The van der Waals surface area contributed by atoms with E-state index in [2.05, 4.69) is 5.32 Å².